The number of fused-ring (bicyclic) bond motifs is 3. The topological polar surface area (TPSA) is 114 Å². The van der Waals surface area contributed by atoms with Crippen molar-refractivity contribution < 1.29 is 28.3 Å². The first-order chi connectivity index (χ1) is 15.5. The third kappa shape index (κ3) is 3.68. The van der Waals surface area contributed by atoms with Gasteiger partial charge in [0.05, 0.1) is 29.9 Å². The quantitative estimate of drug-likeness (QED) is 0.703. The molecule has 8 heteroatoms. The van der Waals surface area contributed by atoms with Gasteiger partial charge in [-0.3, -0.25) is 14.4 Å². The number of rotatable bonds is 4. The average Bonchev–Trinajstić information content (AvgIpc) is 2.96. The molecule has 0 aromatic heterocycles. The van der Waals surface area contributed by atoms with Crippen LogP contribution in [0.4, 0.5) is 0 Å². The van der Waals surface area contributed by atoms with Crippen molar-refractivity contribution >= 4 is 11.8 Å². The van der Waals surface area contributed by atoms with E-state index < -0.39 is 30.2 Å². The number of amides is 2. The van der Waals surface area contributed by atoms with Crippen molar-refractivity contribution in [3.63, 3.8) is 0 Å². The molecule has 2 amide bonds. The first kappa shape index (κ1) is 17.3. The lowest BCUT2D eigenvalue weighted by atomic mass is 9.95. The Morgan fingerprint density at radius 1 is 1.27 bits per heavy atom. The molecule has 3 rings (SSSR count). The van der Waals surface area contributed by atoms with Crippen LogP contribution in [0.3, 0.4) is 0 Å². The Kier molecular flexibility index (Phi) is 4.87. The van der Waals surface area contributed by atoms with Gasteiger partial charge in [0.15, 0.2) is 16.9 Å². The van der Waals surface area contributed by atoms with Crippen molar-refractivity contribution in [3.05, 3.63) is 51.2 Å². The van der Waals surface area contributed by atoms with E-state index in [1.165, 1.54) is 39.3 Å². The number of benzene rings is 1. The van der Waals surface area contributed by atoms with Crippen LogP contribution < -0.4 is 25.5 Å². The average molecular weight is 415 g/mol. The molecule has 3 N–H and O–H groups in total. The second-order valence-electron chi connectivity index (χ2n) is 6.89. The molecule has 0 fully saturated rings. The number of hydrogen-bond donors (Lipinski definition) is 3. The van der Waals surface area contributed by atoms with Gasteiger partial charge in [-0.2, -0.15) is 0 Å². The summed E-state index contributed by atoms with van der Waals surface area (Å²) in [5.41, 5.74) is 1.24. The second kappa shape index (κ2) is 8.44. The molecule has 0 bridgehead atoms. The lowest BCUT2D eigenvalue weighted by Gasteiger charge is -2.18. The Balaban J connectivity index is 2.38. The van der Waals surface area contributed by atoms with Crippen LogP contribution in [0.15, 0.2) is 29.1 Å². The summed E-state index contributed by atoms with van der Waals surface area (Å²) in [4.78, 5) is 36.9. The van der Waals surface area contributed by atoms with E-state index in [0.717, 1.165) is 0 Å². The van der Waals surface area contributed by atoms with E-state index in [-0.39, 0.29) is 23.0 Å². The van der Waals surface area contributed by atoms with Crippen LogP contribution in [0.2, 0.25) is 0 Å². The molecule has 0 saturated heterocycles. The van der Waals surface area contributed by atoms with Gasteiger partial charge in [0.1, 0.15) is 0 Å². The van der Waals surface area contributed by atoms with Crippen molar-refractivity contribution in [2.24, 2.45) is 0 Å². The second-order valence-corrected chi connectivity index (χ2v) is 6.89. The maximum Gasteiger partial charge on any atom is 0.254 e. The fourth-order valence-electron chi connectivity index (χ4n) is 3.77. The number of aromatic hydroxyl groups is 1. The molecule has 0 spiro atoms. The number of nitrogens with one attached hydrogen (secondary N) is 2. The minimum Gasteiger partial charge on any atom is -0.502 e. The predicted octanol–water partition coefficient (Wildman–Crippen LogP) is 1.92. The molecular formula is C22H24N2O6. The fraction of sp³-hybridized carbons (Fsp3) is 0.318. The Bertz CT molecular complexity index is 1180. The molecule has 2 aromatic rings. The first-order valence-electron chi connectivity index (χ1n) is 10.8. The minimum atomic E-state index is -2.80. The van der Waals surface area contributed by atoms with Gasteiger partial charge in [-0.25, -0.2) is 0 Å². The molecule has 1 aliphatic rings. The third-order valence-corrected chi connectivity index (χ3v) is 5.09. The van der Waals surface area contributed by atoms with E-state index in [1.54, 1.807) is 6.07 Å². The van der Waals surface area contributed by atoms with Crippen molar-refractivity contribution in [2.75, 3.05) is 21.2 Å². The molecular weight excluding hydrogens is 388 g/mol. The van der Waals surface area contributed by atoms with Gasteiger partial charge < -0.3 is 25.2 Å². The SMILES string of the molecule is [2H]C([2H])([2H])Oc1cc2c(c(OC)c1O)-c1ccc(C(=O)NC)c(=O)cc1[C@@H](NC(C)=O)CC2. The predicted molar refractivity (Wildman–Crippen MR) is 111 cm³/mol. The van der Waals surface area contributed by atoms with Crippen molar-refractivity contribution in [3.8, 4) is 28.4 Å². The van der Waals surface area contributed by atoms with E-state index in [0.29, 0.717) is 35.1 Å². The van der Waals surface area contributed by atoms with Crippen LogP contribution in [-0.4, -0.2) is 38.1 Å². The number of carbonyl (C=O) groups excluding carboxylic acids is 2. The maximum atomic E-state index is 12.8. The summed E-state index contributed by atoms with van der Waals surface area (Å²) >= 11 is 0. The number of phenolic OH excluding ortho intramolecular Hbond substituents is 1. The molecule has 8 nitrogen and oxygen atoms in total. The minimum absolute atomic E-state index is 0.0448. The number of aryl methyl sites for hydroxylation is 1. The molecule has 0 unspecified atom stereocenters. The highest BCUT2D eigenvalue weighted by molar-refractivity contribution is 5.94. The molecule has 158 valence electrons. The van der Waals surface area contributed by atoms with Gasteiger partial charge in [-0.15, -0.1) is 0 Å². The van der Waals surface area contributed by atoms with Crippen LogP contribution in [0, 0.1) is 0 Å². The zero-order chi connectivity index (χ0) is 24.5. The highest BCUT2D eigenvalue weighted by atomic mass is 16.5. The molecule has 2 aromatic carbocycles. The lowest BCUT2D eigenvalue weighted by Crippen LogP contribution is -2.27. The van der Waals surface area contributed by atoms with Gasteiger partial charge in [-0.1, -0.05) is 6.07 Å². The van der Waals surface area contributed by atoms with E-state index in [2.05, 4.69) is 10.6 Å². The number of hydrogen-bond acceptors (Lipinski definition) is 6. The summed E-state index contributed by atoms with van der Waals surface area (Å²) in [5.74, 6) is -1.73. The molecule has 0 aliphatic heterocycles. The highest BCUT2D eigenvalue weighted by Crippen LogP contribution is 2.49. The van der Waals surface area contributed by atoms with E-state index in [1.807, 2.05) is 0 Å². The number of phenols is 1. The standard InChI is InChI=1S/C22H24N2O6/c1-11(25)24-16-8-5-12-9-18(29-3)20(27)21(30-4)19(12)13-6-7-14(22(28)23-2)17(26)10-15(13)16/h6-7,9-10,16,27H,5,8H2,1-4H3,(H,23,28)(H,24,25)/t16-/m0/s1/i3D3. The summed E-state index contributed by atoms with van der Waals surface area (Å²) in [7, 11) is -0.0880. The van der Waals surface area contributed by atoms with Crippen LogP contribution in [0.5, 0.6) is 17.2 Å². The van der Waals surface area contributed by atoms with Gasteiger partial charge in [0, 0.05) is 19.5 Å². The van der Waals surface area contributed by atoms with E-state index in [9.17, 15) is 19.5 Å². The third-order valence-electron chi connectivity index (χ3n) is 5.09. The lowest BCUT2D eigenvalue weighted by molar-refractivity contribution is -0.119. The van der Waals surface area contributed by atoms with Crippen LogP contribution >= 0.6 is 0 Å². The summed E-state index contributed by atoms with van der Waals surface area (Å²) in [6, 6.07) is 5.03. The summed E-state index contributed by atoms with van der Waals surface area (Å²) in [6.07, 6.45) is 0.711. The smallest absolute Gasteiger partial charge is 0.254 e. The van der Waals surface area contributed by atoms with E-state index >= 15 is 0 Å². The Morgan fingerprint density at radius 2 is 2.03 bits per heavy atom. The normalized spacial score (nSPS) is 16.5. The van der Waals surface area contributed by atoms with Gasteiger partial charge in [-0.05, 0) is 47.7 Å². The van der Waals surface area contributed by atoms with E-state index in [4.69, 9.17) is 13.6 Å². The number of ether oxygens (including phenoxy) is 2. The van der Waals surface area contributed by atoms with Crippen LogP contribution in [0.25, 0.3) is 11.1 Å². The summed E-state index contributed by atoms with van der Waals surface area (Å²) < 4.78 is 32.5. The van der Waals surface area contributed by atoms with Gasteiger partial charge >= 0.3 is 0 Å². The Hall–Kier alpha value is -3.55. The molecule has 0 radical (unpaired) electrons. The number of carbonyl (C=O) groups is 2. The zero-order valence-corrected chi connectivity index (χ0v) is 16.8. The maximum absolute atomic E-state index is 12.8. The number of methoxy groups -OCH3 is 2. The molecule has 1 aliphatic carbocycles. The Morgan fingerprint density at radius 3 is 2.67 bits per heavy atom. The van der Waals surface area contributed by atoms with Crippen molar-refractivity contribution in [1.82, 2.24) is 10.6 Å². The van der Waals surface area contributed by atoms with Crippen molar-refractivity contribution in [1.29, 1.82) is 0 Å². The largest absolute Gasteiger partial charge is 0.502 e. The summed E-state index contributed by atoms with van der Waals surface area (Å²) in [6.45, 7) is 1.35. The summed E-state index contributed by atoms with van der Waals surface area (Å²) in [5, 5.41) is 16.0. The molecule has 0 heterocycles. The first-order valence-corrected chi connectivity index (χ1v) is 9.26. The Labute approximate surface area is 178 Å². The zero-order valence-electron chi connectivity index (χ0n) is 19.8. The van der Waals surface area contributed by atoms with Gasteiger partial charge in [0.25, 0.3) is 5.91 Å². The fourth-order valence-corrected chi connectivity index (χ4v) is 3.77. The monoisotopic (exact) mass is 415 g/mol. The van der Waals surface area contributed by atoms with Crippen LogP contribution in [-0.2, 0) is 11.2 Å². The highest BCUT2D eigenvalue weighted by Gasteiger charge is 2.29. The molecule has 0 saturated carbocycles. The molecule has 30 heavy (non-hydrogen) atoms. The van der Waals surface area contributed by atoms with Crippen molar-refractivity contribution in [2.45, 2.75) is 25.8 Å². The van der Waals surface area contributed by atoms with Crippen LogP contribution in [0.1, 0.15) is 45.0 Å². The molecule has 1 atom stereocenters. The van der Waals surface area contributed by atoms with Gasteiger partial charge in [0.2, 0.25) is 11.7 Å².